The van der Waals surface area contributed by atoms with E-state index < -0.39 is 17.4 Å². The molecule has 0 saturated carbocycles. The number of aryl methyl sites for hydroxylation is 1. The predicted octanol–water partition coefficient (Wildman–Crippen LogP) is -0.0731. The summed E-state index contributed by atoms with van der Waals surface area (Å²) in [7, 11) is 0. The zero-order valence-electron chi connectivity index (χ0n) is 12.4. The second-order valence-electron chi connectivity index (χ2n) is 6.01. The van der Waals surface area contributed by atoms with Gasteiger partial charge in [0.25, 0.3) is 0 Å². The van der Waals surface area contributed by atoms with Crippen molar-refractivity contribution in [1.82, 2.24) is 15.3 Å². The lowest BCUT2D eigenvalue weighted by Gasteiger charge is -2.41. The first-order chi connectivity index (χ1) is 10.4. The van der Waals surface area contributed by atoms with Gasteiger partial charge in [-0.2, -0.15) is 4.98 Å². The third-order valence-electron chi connectivity index (χ3n) is 4.58. The molecule has 0 unspecified atom stereocenters. The van der Waals surface area contributed by atoms with E-state index in [1.54, 1.807) is 0 Å². The molecule has 2 saturated heterocycles. The molecule has 2 fully saturated rings. The standard InChI is InChI=1S/C14H19N5O3/c1-8-6-10(17-13(15)16-8)19-4-2-14(3-5-19)9(12(21)22)7-11(20)18-14/h6,9H,2-5,7H2,1H3,(H,18,20)(H,21,22)(H2,15,16,17)/t9-/m1/s1. The fraction of sp³-hybridized carbons (Fsp3) is 0.571. The normalized spacial score (nSPS) is 23.6. The fourth-order valence-electron chi connectivity index (χ4n) is 3.46. The smallest absolute Gasteiger partial charge is 0.309 e. The number of nitrogen functional groups attached to an aromatic ring is 1. The summed E-state index contributed by atoms with van der Waals surface area (Å²) < 4.78 is 0. The van der Waals surface area contributed by atoms with Crippen molar-refractivity contribution >= 4 is 23.6 Å². The molecular formula is C14H19N5O3. The number of aliphatic carboxylic acids is 1. The lowest BCUT2D eigenvalue weighted by Crippen LogP contribution is -2.55. The SMILES string of the molecule is Cc1cc(N2CCC3(CC2)NC(=O)C[C@@H]3C(=O)O)nc(N)n1. The van der Waals surface area contributed by atoms with Crippen molar-refractivity contribution < 1.29 is 14.7 Å². The van der Waals surface area contributed by atoms with E-state index in [-0.39, 0.29) is 18.3 Å². The molecule has 0 aromatic carbocycles. The Morgan fingerprint density at radius 1 is 1.45 bits per heavy atom. The van der Waals surface area contributed by atoms with Crippen LogP contribution in [-0.2, 0) is 9.59 Å². The summed E-state index contributed by atoms with van der Waals surface area (Å²) in [6.07, 6.45) is 1.23. The minimum absolute atomic E-state index is 0.0644. The van der Waals surface area contributed by atoms with Crippen LogP contribution in [0.3, 0.4) is 0 Å². The average Bonchev–Trinajstić information content (AvgIpc) is 2.75. The van der Waals surface area contributed by atoms with Gasteiger partial charge < -0.3 is 21.1 Å². The van der Waals surface area contributed by atoms with Crippen molar-refractivity contribution in [2.45, 2.75) is 31.7 Å². The Morgan fingerprint density at radius 3 is 2.73 bits per heavy atom. The highest BCUT2D eigenvalue weighted by molar-refractivity contribution is 5.88. The fourth-order valence-corrected chi connectivity index (χ4v) is 3.46. The Balaban J connectivity index is 1.77. The van der Waals surface area contributed by atoms with Crippen LogP contribution in [0.1, 0.15) is 25.0 Å². The van der Waals surface area contributed by atoms with Crippen LogP contribution in [0, 0.1) is 12.8 Å². The summed E-state index contributed by atoms with van der Waals surface area (Å²) in [6, 6.07) is 1.86. The van der Waals surface area contributed by atoms with E-state index in [0.29, 0.717) is 25.9 Å². The Hall–Kier alpha value is -2.38. The van der Waals surface area contributed by atoms with Crippen molar-refractivity contribution in [3.05, 3.63) is 11.8 Å². The molecule has 2 aliphatic rings. The Morgan fingerprint density at radius 2 is 2.14 bits per heavy atom. The molecule has 8 heteroatoms. The maximum Gasteiger partial charge on any atom is 0.309 e. The van der Waals surface area contributed by atoms with Gasteiger partial charge >= 0.3 is 5.97 Å². The molecule has 0 aliphatic carbocycles. The van der Waals surface area contributed by atoms with Crippen LogP contribution in [0.2, 0.25) is 0 Å². The van der Waals surface area contributed by atoms with Crippen LogP contribution in [0.5, 0.6) is 0 Å². The number of carbonyl (C=O) groups excluding carboxylic acids is 1. The summed E-state index contributed by atoms with van der Waals surface area (Å²) in [4.78, 5) is 33.4. The number of hydrogen-bond acceptors (Lipinski definition) is 6. The molecule has 8 nitrogen and oxygen atoms in total. The summed E-state index contributed by atoms with van der Waals surface area (Å²) in [5, 5.41) is 12.3. The second-order valence-corrected chi connectivity index (χ2v) is 6.01. The van der Waals surface area contributed by atoms with E-state index in [1.165, 1.54) is 0 Å². The highest BCUT2D eigenvalue weighted by atomic mass is 16.4. The molecule has 1 amide bonds. The van der Waals surface area contributed by atoms with Crippen LogP contribution in [0.25, 0.3) is 0 Å². The molecule has 1 atom stereocenters. The molecule has 4 N–H and O–H groups in total. The van der Waals surface area contributed by atoms with Gasteiger partial charge in [-0.3, -0.25) is 9.59 Å². The van der Waals surface area contributed by atoms with Crippen molar-refractivity contribution in [3.63, 3.8) is 0 Å². The molecular weight excluding hydrogens is 286 g/mol. The molecule has 1 spiro atoms. The molecule has 0 bridgehead atoms. The van der Waals surface area contributed by atoms with Crippen molar-refractivity contribution in [1.29, 1.82) is 0 Å². The van der Waals surface area contributed by atoms with E-state index in [1.807, 2.05) is 13.0 Å². The van der Waals surface area contributed by atoms with E-state index in [0.717, 1.165) is 11.5 Å². The van der Waals surface area contributed by atoms with Crippen LogP contribution in [0.4, 0.5) is 11.8 Å². The van der Waals surface area contributed by atoms with Gasteiger partial charge in [-0.05, 0) is 19.8 Å². The summed E-state index contributed by atoms with van der Waals surface area (Å²) in [6.45, 7) is 3.10. The number of anilines is 2. The lowest BCUT2D eigenvalue weighted by atomic mass is 9.78. The summed E-state index contributed by atoms with van der Waals surface area (Å²) in [5.41, 5.74) is 5.84. The lowest BCUT2D eigenvalue weighted by molar-refractivity contribution is -0.144. The topological polar surface area (TPSA) is 121 Å². The van der Waals surface area contributed by atoms with Gasteiger partial charge in [0.05, 0.1) is 11.5 Å². The number of hydrogen-bond donors (Lipinski definition) is 3. The zero-order valence-corrected chi connectivity index (χ0v) is 12.4. The van der Waals surface area contributed by atoms with Gasteiger partial charge in [0.2, 0.25) is 11.9 Å². The number of rotatable bonds is 2. The minimum Gasteiger partial charge on any atom is -0.481 e. The van der Waals surface area contributed by atoms with Gasteiger partial charge in [-0.15, -0.1) is 0 Å². The quantitative estimate of drug-likeness (QED) is 0.699. The first-order valence-electron chi connectivity index (χ1n) is 7.29. The van der Waals surface area contributed by atoms with Crippen LogP contribution < -0.4 is 16.0 Å². The zero-order chi connectivity index (χ0) is 15.9. The highest BCUT2D eigenvalue weighted by Crippen LogP contribution is 2.37. The maximum absolute atomic E-state index is 11.6. The molecule has 1 aromatic rings. The number of carboxylic acid groups (broad SMARTS) is 1. The third kappa shape index (κ3) is 2.44. The molecule has 3 rings (SSSR count). The summed E-state index contributed by atoms with van der Waals surface area (Å²) in [5.74, 6) is -0.764. The van der Waals surface area contributed by atoms with Crippen molar-refractivity contribution in [3.8, 4) is 0 Å². The molecule has 0 radical (unpaired) electrons. The molecule has 1 aromatic heterocycles. The van der Waals surface area contributed by atoms with Crippen molar-refractivity contribution in [2.75, 3.05) is 23.7 Å². The number of nitrogens with two attached hydrogens (primary N) is 1. The highest BCUT2D eigenvalue weighted by Gasteiger charge is 2.51. The number of aromatic nitrogens is 2. The monoisotopic (exact) mass is 305 g/mol. The number of amides is 1. The first kappa shape index (κ1) is 14.6. The molecule has 2 aliphatic heterocycles. The van der Waals surface area contributed by atoms with E-state index in [9.17, 15) is 14.7 Å². The first-order valence-corrected chi connectivity index (χ1v) is 7.29. The van der Waals surface area contributed by atoms with E-state index in [2.05, 4.69) is 20.2 Å². The average molecular weight is 305 g/mol. The van der Waals surface area contributed by atoms with Crippen molar-refractivity contribution in [2.24, 2.45) is 5.92 Å². The minimum atomic E-state index is -0.908. The van der Waals surface area contributed by atoms with Gasteiger partial charge in [0.1, 0.15) is 5.82 Å². The Bertz CT molecular complexity index is 605. The number of carboxylic acids is 1. The predicted molar refractivity (Wildman–Crippen MR) is 79.2 cm³/mol. The van der Waals surface area contributed by atoms with Gasteiger partial charge in [-0.25, -0.2) is 4.98 Å². The second kappa shape index (κ2) is 5.11. The van der Waals surface area contributed by atoms with E-state index in [4.69, 9.17) is 5.73 Å². The van der Waals surface area contributed by atoms with Gasteiger partial charge in [0, 0.05) is 31.3 Å². The largest absolute Gasteiger partial charge is 0.481 e. The molecule has 22 heavy (non-hydrogen) atoms. The van der Waals surface area contributed by atoms with E-state index >= 15 is 0 Å². The number of nitrogens with one attached hydrogen (secondary N) is 1. The molecule has 3 heterocycles. The van der Waals surface area contributed by atoms with Gasteiger partial charge in [0.15, 0.2) is 0 Å². The Labute approximate surface area is 127 Å². The Kier molecular flexibility index (Phi) is 3.38. The van der Waals surface area contributed by atoms with Gasteiger partial charge in [-0.1, -0.05) is 0 Å². The number of nitrogens with zero attached hydrogens (tertiary/aromatic N) is 3. The third-order valence-corrected chi connectivity index (χ3v) is 4.58. The van der Waals surface area contributed by atoms with Crippen LogP contribution >= 0.6 is 0 Å². The number of piperidine rings is 1. The van der Waals surface area contributed by atoms with Crippen LogP contribution in [-0.4, -0.2) is 45.6 Å². The van der Waals surface area contributed by atoms with Crippen LogP contribution in [0.15, 0.2) is 6.07 Å². The summed E-state index contributed by atoms with van der Waals surface area (Å²) >= 11 is 0. The number of carbonyl (C=O) groups is 2. The maximum atomic E-state index is 11.6. The molecule has 118 valence electrons.